The van der Waals surface area contributed by atoms with E-state index in [1.54, 1.807) is 6.33 Å². The number of para-hydroxylation sites is 1. The van der Waals surface area contributed by atoms with E-state index in [0.717, 1.165) is 31.8 Å². The lowest BCUT2D eigenvalue weighted by Gasteiger charge is -2.35. The molecule has 0 spiro atoms. The molecular weight excluding hydrogens is 368 g/mol. The summed E-state index contributed by atoms with van der Waals surface area (Å²) < 4.78 is 2.12. The number of likely N-dealkylation sites (tertiary alicyclic amines) is 1. The van der Waals surface area contributed by atoms with Gasteiger partial charge < -0.3 is 0 Å². The second-order valence-corrected chi connectivity index (χ2v) is 9.22. The molecule has 0 bridgehead atoms. The highest BCUT2D eigenvalue weighted by Crippen LogP contribution is 2.39. The van der Waals surface area contributed by atoms with Crippen LogP contribution in [-0.4, -0.2) is 32.8 Å². The van der Waals surface area contributed by atoms with Crippen molar-refractivity contribution in [3.63, 3.8) is 0 Å². The molecule has 30 heavy (non-hydrogen) atoms. The van der Waals surface area contributed by atoms with E-state index in [0.29, 0.717) is 5.92 Å². The minimum absolute atomic E-state index is 0.218. The number of rotatable bonds is 5. The normalized spacial score (nSPS) is 21.7. The molecule has 2 aliphatic rings. The summed E-state index contributed by atoms with van der Waals surface area (Å²) >= 11 is 0. The number of aromatic nitrogens is 3. The first-order valence-electron chi connectivity index (χ1n) is 11.6. The van der Waals surface area contributed by atoms with Gasteiger partial charge in [0, 0.05) is 0 Å². The van der Waals surface area contributed by atoms with Crippen molar-refractivity contribution in [3.05, 3.63) is 65.3 Å². The Hall–Kier alpha value is -2.20. The molecule has 1 fully saturated rings. The quantitative estimate of drug-likeness (QED) is 0.564. The van der Waals surface area contributed by atoms with Crippen molar-refractivity contribution in [2.24, 2.45) is 5.92 Å². The van der Waals surface area contributed by atoms with E-state index in [1.807, 2.05) is 0 Å². The minimum Gasteiger partial charge on any atom is -0.290 e. The molecule has 0 N–H and O–H groups in total. The highest BCUT2D eigenvalue weighted by atomic mass is 15.4. The lowest BCUT2D eigenvalue weighted by Crippen LogP contribution is -2.34. The third-order valence-electron chi connectivity index (χ3n) is 6.97. The van der Waals surface area contributed by atoms with Crippen molar-refractivity contribution >= 4 is 0 Å². The van der Waals surface area contributed by atoms with Gasteiger partial charge >= 0.3 is 0 Å². The van der Waals surface area contributed by atoms with Gasteiger partial charge in [-0.1, -0.05) is 49.3 Å². The summed E-state index contributed by atoms with van der Waals surface area (Å²) in [5.74, 6) is 1.70. The van der Waals surface area contributed by atoms with Crippen molar-refractivity contribution in [1.29, 1.82) is 0 Å². The van der Waals surface area contributed by atoms with E-state index in [-0.39, 0.29) is 6.04 Å². The van der Waals surface area contributed by atoms with Crippen LogP contribution in [0.2, 0.25) is 0 Å². The Morgan fingerprint density at radius 1 is 1.10 bits per heavy atom. The molecule has 0 amide bonds. The van der Waals surface area contributed by atoms with Gasteiger partial charge in [0.15, 0.2) is 5.82 Å². The number of hydrogen-bond acceptors (Lipinski definition) is 3. The second kappa shape index (κ2) is 9.30. The highest BCUT2D eigenvalue weighted by molar-refractivity contribution is 5.47. The number of nitrogens with zero attached hydrogens (tertiary/aromatic N) is 4. The van der Waals surface area contributed by atoms with Gasteiger partial charge in [0.1, 0.15) is 6.33 Å². The highest BCUT2D eigenvalue weighted by Gasteiger charge is 2.32. The molecule has 1 unspecified atom stereocenters. The van der Waals surface area contributed by atoms with Crippen LogP contribution in [0.4, 0.5) is 0 Å². The van der Waals surface area contributed by atoms with E-state index >= 15 is 0 Å². The molecule has 0 radical (unpaired) electrons. The van der Waals surface area contributed by atoms with Gasteiger partial charge in [-0.05, 0) is 88.6 Å². The Bertz CT molecular complexity index is 895. The van der Waals surface area contributed by atoms with Gasteiger partial charge in [-0.2, -0.15) is 5.10 Å². The van der Waals surface area contributed by atoms with Crippen LogP contribution < -0.4 is 0 Å². The standard InChI is InChI=1S/C26H36N4/c1-19(2)22-12-14-23(15-13-22)25(29-16-7-5-6-8-17-29)26-27-18-28-30(26)24-20(3)10-9-11-21(24)4/h9-11,14,18,22,25H,1,5-8,12-13,15-17H2,2-4H3/t22-,25?/m1/s1. The molecule has 160 valence electrons. The lowest BCUT2D eigenvalue weighted by atomic mass is 9.82. The minimum atomic E-state index is 0.218. The molecule has 4 nitrogen and oxygen atoms in total. The molecule has 4 rings (SSSR count). The third-order valence-corrected chi connectivity index (χ3v) is 6.97. The molecule has 2 atom stereocenters. The Balaban J connectivity index is 1.76. The summed E-state index contributed by atoms with van der Waals surface area (Å²) in [7, 11) is 0. The first-order valence-corrected chi connectivity index (χ1v) is 11.6. The van der Waals surface area contributed by atoms with Crippen LogP contribution in [0.3, 0.4) is 0 Å². The predicted molar refractivity (Wildman–Crippen MR) is 124 cm³/mol. The Labute approximate surface area is 181 Å². The SMILES string of the molecule is C=C(C)[C@@H]1CC=C(C(c2ncnn2-c2c(C)cccc2C)N2CCCCCC2)CC1. The summed E-state index contributed by atoms with van der Waals surface area (Å²) in [4.78, 5) is 7.54. The second-order valence-electron chi connectivity index (χ2n) is 9.22. The van der Waals surface area contributed by atoms with Gasteiger partial charge in [0.25, 0.3) is 0 Å². The molecule has 1 aliphatic heterocycles. The fraction of sp³-hybridized carbons (Fsp3) is 0.538. The summed E-state index contributed by atoms with van der Waals surface area (Å²) in [6, 6.07) is 6.69. The van der Waals surface area contributed by atoms with E-state index < -0.39 is 0 Å². The summed E-state index contributed by atoms with van der Waals surface area (Å²) in [5, 5.41) is 4.72. The third kappa shape index (κ3) is 4.29. The first kappa shape index (κ1) is 21.0. The van der Waals surface area contributed by atoms with Crippen LogP contribution in [0.1, 0.15) is 74.9 Å². The molecule has 1 aliphatic carbocycles. The molecule has 1 saturated heterocycles. The van der Waals surface area contributed by atoms with Crippen LogP contribution in [0.25, 0.3) is 5.69 Å². The Morgan fingerprint density at radius 2 is 1.80 bits per heavy atom. The predicted octanol–water partition coefficient (Wildman–Crippen LogP) is 6.10. The monoisotopic (exact) mass is 404 g/mol. The summed E-state index contributed by atoms with van der Waals surface area (Å²) in [6.07, 6.45) is 12.9. The van der Waals surface area contributed by atoms with Crippen LogP contribution >= 0.6 is 0 Å². The molecule has 0 saturated carbocycles. The van der Waals surface area contributed by atoms with Gasteiger partial charge in [0.05, 0.1) is 11.7 Å². The molecule has 1 aromatic carbocycles. The maximum absolute atomic E-state index is 4.86. The first-order chi connectivity index (χ1) is 14.6. The number of aryl methyl sites for hydroxylation is 2. The van der Waals surface area contributed by atoms with E-state index in [2.05, 4.69) is 61.2 Å². The van der Waals surface area contributed by atoms with Crippen LogP contribution in [0, 0.1) is 19.8 Å². The number of hydrogen-bond donors (Lipinski definition) is 0. The fourth-order valence-corrected chi connectivity index (χ4v) is 5.22. The van der Waals surface area contributed by atoms with Gasteiger partial charge in [-0.3, -0.25) is 4.90 Å². The van der Waals surface area contributed by atoms with Crippen molar-refractivity contribution in [2.45, 2.75) is 71.8 Å². The van der Waals surface area contributed by atoms with E-state index in [4.69, 9.17) is 10.1 Å². The van der Waals surface area contributed by atoms with E-state index in [1.165, 1.54) is 60.1 Å². The number of benzene rings is 1. The van der Waals surface area contributed by atoms with Crippen molar-refractivity contribution in [1.82, 2.24) is 19.7 Å². The Kier molecular flexibility index (Phi) is 6.52. The van der Waals surface area contributed by atoms with Crippen LogP contribution in [0.5, 0.6) is 0 Å². The van der Waals surface area contributed by atoms with Crippen molar-refractivity contribution < 1.29 is 0 Å². The van der Waals surface area contributed by atoms with Crippen LogP contribution in [-0.2, 0) is 0 Å². The number of allylic oxidation sites excluding steroid dienone is 2. The smallest absolute Gasteiger partial charge is 0.153 e. The summed E-state index contributed by atoms with van der Waals surface area (Å²) in [6.45, 7) is 13.0. The van der Waals surface area contributed by atoms with Crippen molar-refractivity contribution in [3.8, 4) is 5.69 Å². The zero-order valence-electron chi connectivity index (χ0n) is 18.9. The molecule has 2 aromatic rings. The summed E-state index contributed by atoms with van der Waals surface area (Å²) in [5.41, 5.74) is 6.51. The van der Waals surface area contributed by atoms with Gasteiger partial charge in [-0.15, -0.1) is 0 Å². The largest absolute Gasteiger partial charge is 0.290 e. The molecule has 2 heterocycles. The average molecular weight is 405 g/mol. The zero-order valence-corrected chi connectivity index (χ0v) is 18.9. The van der Waals surface area contributed by atoms with Gasteiger partial charge in [0.2, 0.25) is 0 Å². The maximum Gasteiger partial charge on any atom is 0.153 e. The molecule has 4 heteroatoms. The topological polar surface area (TPSA) is 34.0 Å². The van der Waals surface area contributed by atoms with E-state index in [9.17, 15) is 0 Å². The van der Waals surface area contributed by atoms with Gasteiger partial charge in [-0.25, -0.2) is 9.67 Å². The van der Waals surface area contributed by atoms with Crippen LogP contribution in [0.15, 0.2) is 48.3 Å². The van der Waals surface area contributed by atoms with Crippen molar-refractivity contribution in [2.75, 3.05) is 13.1 Å². The average Bonchev–Trinajstić information content (AvgIpc) is 3.03. The zero-order chi connectivity index (χ0) is 21.1. The molecular formula is C26H36N4. The molecule has 1 aromatic heterocycles. The Morgan fingerprint density at radius 3 is 2.40 bits per heavy atom. The lowest BCUT2D eigenvalue weighted by molar-refractivity contribution is 0.214. The maximum atomic E-state index is 4.86. The fourth-order valence-electron chi connectivity index (χ4n) is 5.22.